The maximum Gasteiger partial charge on any atom is 0.0589 e. The van der Waals surface area contributed by atoms with Gasteiger partial charge in [0.25, 0.3) is 0 Å². The number of likely N-dealkylation sites (tertiary alicyclic amines) is 1. The summed E-state index contributed by atoms with van der Waals surface area (Å²) >= 11 is 0. The lowest BCUT2D eigenvalue weighted by Crippen LogP contribution is -2.58. The summed E-state index contributed by atoms with van der Waals surface area (Å²) in [7, 11) is 0. The maximum atomic E-state index is 9.46. The molecule has 0 aromatic heterocycles. The zero-order valence-electron chi connectivity index (χ0n) is 10.1. The highest BCUT2D eigenvalue weighted by molar-refractivity contribution is 4.92. The molecule has 2 saturated heterocycles. The van der Waals surface area contributed by atoms with Crippen molar-refractivity contribution in [3.05, 3.63) is 0 Å². The second-order valence-corrected chi connectivity index (χ2v) is 5.49. The maximum absolute atomic E-state index is 9.46. The first-order valence-corrected chi connectivity index (χ1v) is 6.24. The van der Waals surface area contributed by atoms with Crippen LogP contribution in [0.5, 0.6) is 0 Å². The van der Waals surface area contributed by atoms with Gasteiger partial charge in [0, 0.05) is 12.6 Å². The molecule has 0 radical (unpaired) electrons. The Bertz CT molecular complexity index is 225. The molecule has 4 heteroatoms. The van der Waals surface area contributed by atoms with Crippen molar-refractivity contribution < 1.29 is 14.9 Å². The Morgan fingerprint density at radius 3 is 2.62 bits per heavy atom. The molecule has 2 rings (SSSR count). The van der Waals surface area contributed by atoms with Crippen LogP contribution < -0.4 is 0 Å². The van der Waals surface area contributed by atoms with E-state index in [1.54, 1.807) is 0 Å². The van der Waals surface area contributed by atoms with Crippen LogP contribution in [-0.4, -0.2) is 60.7 Å². The van der Waals surface area contributed by atoms with E-state index in [0.29, 0.717) is 19.1 Å². The Hall–Kier alpha value is -0.160. The normalized spacial score (nSPS) is 34.7. The summed E-state index contributed by atoms with van der Waals surface area (Å²) in [6.07, 6.45) is 2.39. The van der Waals surface area contributed by atoms with Crippen molar-refractivity contribution in [2.24, 2.45) is 11.3 Å². The van der Waals surface area contributed by atoms with Crippen LogP contribution in [0.1, 0.15) is 19.8 Å². The van der Waals surface area contributed by atoms with E-state index < -0.39 is 0 Å². The minimum absolute atomic E-state index is 0.0650. The number of rotatable bonds is 4. The van der Waals surface area contributed by atoms with Crippen LogP contribution in [0.4, 0.5) is 0 Å². The summed E-state index contributed by atoms with van der Waals surface area (Å²) in [5.41, 5.74) is -0.0650. The molecular formula is C12H23NO3. The number of hydrogen-bond acceptors (Lipinski definition) is 4. The molecule has 0 bridgehead atoms. The summed E-state index contributed by atoms with van der Waals surface area (Å²) in [5, 5.41) is 18.9. The highest BCUT2D eigenvalue weighted by Crippen LogP contribution is 2.32. The lowest BCUT2D eigenvalue weighted by Gasteiger charge is -2.47. The Labute approximate surface area is 97.2 Å². The predicted molar refractivity (Wildman–Crippen MR) is 61.2 cm³/mol. The summed E-state index contributed by atoms with van der Waals surface area (Å²) in [5.74, 6) is 0.551. The highest BCUT2D eigenvalue weighted by atomic mass is 16.5. The Morgan fingerprint density at radius 2 is 2.12 bits per heavy atom. The van der Waals surface area contributed by atoms with E-state index in [-0.39, 0.29) is 24.7 Å². The van der Waals surface area contributed by atoms with Crippen molar-refractivity contribution >= 4 is 0 Å². The molecule has 0 aliphatic carbocycles. The molecule has 2 fully saturated rings. The minimum atomic E-state index is -0.0650. The van der Waals surface area contributed by atoms with E-state index in [0.717, 1.165) is 13.1 Å². The van der Waals surface area contributed by atoms with E-state index in [9.17, 15) is 10.2 Å². The average Bonchev–Trinajstić information content (AvgIpc) is 2.23. The molecule has 2 heterocycles. The molecule has 2 aliphatic rings. The summed E-state index contributed by atoms with van der Waals surface area (Å²) in [6, 6.07) is 0.262. The summed E-state index contributed by atoms with van der Waals surface area (Å²) < 4.78 is 5.22. The van der Waals surface area contributed by atoms with Crippen molar-refractivity contribution in [3.8, 4) is 0 Å². The Morgan fingerprint density at radius 1 is 1.38 bits per heavy atom. The topological polar surface area (TPSA) is 52.9 Å². The molecule has 2 aliphatic heterocycles. The quantitative estimate of drug-likeness (QED) is 0.717. The number of hydrogen-bond donors (Lipinski definition) is 2. The molecule has 0 spiro atoms. The molecule has 2 atom stereocenters. The second-order valence-electron chi connectivity index (χ2n) is 5.49. The van der Waals surface area contributed by atoms with Crippen LogP contribution in [0.25, 0.3) is 0 Å². The summed E-state index contributed by atoms with van der Waals surface area (Å²) in [4.78, 5) is 2.34. The molecule has 94 valence electrons. The van der Waals surface area contributed by atoms with E-state index in [2.05, 4.69) is 11.8 Å². The van der Waals surface area contributed by atoms with Gasteiger partial charge in [-0.1, -0.05) is 6.92 Å². The van der Waals surface area contributed by atoms with Gasteiger partial charge in [-0.15, -0.1) is 0 Å². The first-order valence-electron chi connectivity index (χ1n) is 6.24. The van der Waals surface area contributed by atoms with Gasteiger partial charge in [-0.05, 0) is 25.3 Å². The highest BCUT2D eigenvalue weighted by Gasteiger charge is 2.42. The zero-order chi connectivity index (χ0) is 11.6. The number of aliphatic hydroxyl groups is 2. The van der Waals surface area contributed by atoms with Gasteiger partial charge in [-0.3, -0.25) is 4.90 Å². The van der Waals surface area contributed by atoms with Crippen molar-refractivity contribution in [2.45, 2.75) is 25.8 Å². The van der Waals surface area contributed by atoms with Crippen LogP contribution in [-0.2, 0) is 4.74 Å². The average molecular weight is 229 g/mol. The van der Waals surface area contributed by atoms with Gasteiger partial charge in [0.15, 0.2) is 0 Å². The van der Waals surface area contributed by atoms with Crippen LogP contribution in [0, 0.1) is 11.3 Å². The number of aliphatic hydroxyl groups excluding tert-OH is 2. The van der Waals surface area contributed by atoms with Gasteiger partial charge in [-0.2, -0.15) is 0 Å². The Kier molecular flexibility index (Phi) is 3.85. The molecule has 16 heavy (non-hydrogen) atoms. The fourth-order valence-electron chi connectivity index (χ4n) is 2.88. The van der Waals surface area contributed by atoms with E-state index in [1.807, 2.05) is 0 Å². The van der Waals surface area contributed by atoms with Crippen LogP contribution in [0.15, 0.2) is 0 Å². The lowest BCUT2D eigenvalue weighted by atomic mass is 9.83. The SMILES string of the molecule is CC1CCCN(CC2(CO)COC2)C1CO. The van der Waals surface area contributed by atoms with Crippen molar-refractivity contribution in [2.75, 3.05) is 39.5 Å². The van der Waals surface area contributed by atoms with E-state index >= 15 is 0 Å². The number of ether oxygens (including phenoxy) is 1. The van der Waals surface area contributed by atoms with E-state index in [4.69, 9.17) is 4.74 Å². The first-order chi connectivity index (χ1) is 7.71. The molecule has 2 N–H and O–H groups in total. The van der Waals surface area contributed by atoms with Crippen LogP contribution >= 0.6 is 0 Å². The fourth-order valence-corrected chi connectivity index (χ4v) is 2.88. The van der Waals surface area contributed by atoms with Crippen molar-refractivity contribution in [1.29, 1.82) is 0 Å². The molecule has 0 amide bonds. The van der Waals surface area contributed by atoms with Crippen molar-refractivity contribution in [3.63, 3.8) is 0 Å². The molecule has 0 aromatic rings. The monoisotopic (exact) mass is 229 g/mol. The van der Waals surface area contributed by atoms with Gasteiger partial charge < -0.3 is 14.9 Å². The molecule has 2 unspecified atom stereocenters. The first kappa shape index (κ1) is 12.3. The fraction of sp³-hybridized carbons (Fsp3) is 1.00. The summed E-state index contributed by atoms with van der Waals surface area (Å²) in [6.45, 7) is 5.84. The second kappa shape index (κ2) is 5.00. The van der Waals surface area contributed by atoms with Gasteiger partial charge in [0.05, 0.1) is 31.8 Å². The molecule has 4 nitrogen and oxygen atoms in total. The third-order valence-corrected chi connectivity index (χ3v) is 4.11. The smallest absolute Gasteiger partial charge is 0.0589 e. The van der Waals surface area contributed by atoms with Gasteiger partial charge in [0.2, 0.25) is 0 Å². The minimum Gasteiger partial charge on any atom is -0.396 e. The lowest BCUT2D eigenvalue weighted by molar-refractivity contribution is -0.157. The number of piperidine rings is 1. The standard InChI is InChI=1S/C12H23NO3/c1-10-3-2-4-13(11(10)5-14)6-12(7-15)8-16-9-12/h10-11,14-15H,2-9H2,1H3. The number of nitrogens with zero attached hydrogens (tertiary/aromatic N) is 1. The van der Waals surface area contributed by atoms with Gasteiger partial charge in [0.1, 0.15) is 0 Å². The molecular weight excluding hydrogens is 206 g/mol. The third-order valence-electron chi connectivity index (χ3n) is 4.11. The van der Waals surface area contributed by atoms with Gasteiger partial charge in [-0.25, -0.2) is 0 Å². The van der Waals surface area contributed by atoms with E-state index in [1.165, 1.54) is 12.8 Å². The Balaban J connectivity index is 1.96. The zero-order valence-corrected chi connectivity index (χ0v) is 10.1. The van der Waals surface area contributed by atoms with Gasteiger partial charge >= 0.3 is 0 Å². The molecule has 0 saturated carbocycles. The predicted octanol–water partition coefficient (Wildman–Crippen LogP) is 0.0881. The largest absolute Gasteiger partial charge is 0.396 e. The van der Waals surface area contributed by atoms with Crippen molar-refractivity contribution in [1.82, 2.24) is 4.90 Å². The van der Waals surface area contributed by atoms with Crippen LogP contribution in [0.3, 0.4) is 0 Å². The molecule has 0 aromatic carbocycles. The van der Waals surface area contributed by atoms with Crippen LogP contribution in [0.2, 0.25) is 0 Å². The third kappa shape index (κ3) is 2.25.